The highest BCUT2D eigenvalue weighted by Crippen LogP contribution is 2.23. The highest BCUT2D eigenvalue weighted by Gasteiger charge is 2.11. The maximum absolute atomic E-state index is 13.9. The second kappa shape index (κ2) is 5.08. The van der Waals surface area contributed by atoms with Crippen LogP contribution in [0.15, 0.2) is 30.6 Å². The van der Waals surface area contributed by atoms with Gasteiger partial charge in [0.25, 0.3) is 0 Å². The van der Waals surface area contributed by atoms with Crippen molar-refractivity contribution in [2.45, 2.75) is 19.9 Å². The number of hydrogen-bond donors (Lipinski definition) is 1. The number of nitrogens with zero attached hydrogens (tertiary/aromatic N) is 2. The molecule has 0 unspecified atom stereocenters. The number of methoxy groups -OCH3 is 1. The number of rotatable bonds is 4. The van der Waals surface area contributed by atoms with Gasteiger partial charge in [0.2, 0.25) is 5.95 Å². The van der Waals surface area contributed by atoms with Crippen molar-refractivity contribution in [3.63, 3.8) is 0 Å². The Labute approximate surface area is 105 Å². The lowest BCUT2D eigenvalue weighted by atomic mass is 10.3. The summed E-state index contributed by atoms with van der Waals surface area (Å²) in [6.07, 6.45) is 3.34. The number of imidazole rings is 1. The summed E-state index contributed by atoms with van der Waals surface area (Å²) in [4.78, 5) is 4.17. The molecule has 0 fully saturated rings. The molecule has 18 heavy (non-hydrogen) atoms. The summed E-state index contributed by atoms with van der Waals surface area (Å²) in [7, 11) is 1.55. The first kappa shape index (κ1) is 12.4. The molecule has 0 spiro atoms. The van der Waals surface area contributed by atoms with Gasteiger partial charge in [0.05, 0.1) is 12.8 Å². The van der Waals surface area contributed by atoms with Gasteiger partial charge in [-0.05, 0) is 26.0 Å². The largest absolute Gasteiger partial charge is 0.497 e. The van der Waals surface area contributed by atoms with Gasteiger partial charge in [-0.3, -0.25) is 4.57 Å². The third-order valence-electron chi connectivity index (χ3n) is 2.47. The second-order valence-electron chi connectivity index (χ2n) is 4.24. The van der Waals surface area contributed by atoms with Crippen molar-refractivity contribution in [2.24, 2.45) is 0 Å². The summed E-state index contributed by atoms with van der Waals surface area (Å²) in [6.45, 7) is 4.00. The molecule has 0 saturated heterocycles. The third-order valence-corrected chi connectivity index (χ3v) is 2.47. The Kier molecular flexibility index (Phi) is 3.50. The number of hydrogen-bond acceptors (Lipinski definition) is 3. The molecular weight excluding hydrogens is 233 g/mol. The van der Waals surface area contributed by atoms with Gasteiger partial charge in [-0.2, -0.15) is 0 Å². The van der Waals surface area contributed by atoms with Crippen LogP contribution in [-0.4, -0.2) is 22.7 Å². The van der Waals surface area contributed by atoms with Crippen molar-refractivity contribution in [3.05, 3.63) is 36.4 Å². The minimum Gasteiger partial charge on any atom is -0.497 e. The molecule has 0 radical (unpaired) electrons. The van der Waals surface area contributed by atoms with E-state index in [0.717, 1.165) is 0 Å². The molecule has 0 bridgehead atoms. The summed E-state index contributed by atoms with van der Waals surface area (Å²) >= 11 is 0. The van der Waals surface area contributed by atoms with Gasteiger partial charge < -0.3 is 10.1 Å². The summed E-state index contributed by atoms with van der Waals surface area (Å²) in [6, 6.07) is 4.83. The van der Waals surface area contributed by atoms with Crippen molar-refractivity contribution in [1.29, 1.82) is 0 Å². The van der Waals surface area contributed by atoms with Gasteiger partial charge in [0.1, 0.15) is 11.6 Å². The molecule has 0 aliphatic heterocycles. The maximum atomic E-state index is 13.9. The molecule has 0 amide bonds. The van der Waals surface area contributed by atoms with Gasteiger partial charge >= 0.3 is 0 Å². The molecule has 1 aromatic carbocycles. The Balaban J connectivity index is 2.45. The predicted molar refractivity (Wildman–Crippen MR) is 68.8 cm³/mol. The first-order valence-corrected chi connectivity index (χ1v) is 5.75. The zero-order valence-corrected chi connectivity index (χ0v) is 10.6. The highest BCUT2D eigenvalue weighted by molar-refractivity contribution is 5.46. The Morgan fingerprint density at radius 1 is 1.39 bits per heavy atom. The van der Waals surface area contributed by atoms with Gasteiger partial charge in [-0.1, -0.05) is 0 Å². The van der Waals surface area contributed by atoms with E-state index in [-0.39, 0.29) is 11.9 Å². The Morgan fingerprint density at radius 2 is 2.17 bits per heavy atom. The minimum atomic E-state index is -0.319. The van der Waals surface area contributed by atoms with E-state index < -0.39 is 0 Å². The summed E-state index contributed by atoms with van der Waals surface area (Å²) < 4.78 is 20.6. The van der Waals surface area contributed by atoms with Crippen molar-refractivity contribution < 1.29 is 9.13 Å². The van der Waals surface area contributed by atoms with E-state index in [9.17, 15) is 4.39 Å². The summed E-state index contributed by atoms with van der Waals surface area (Å²) in [5.41, 5.74) is 0.412. The predicted octanol–water partition coefficient (Wildman–Crippen LogP) is 2.84. The van der Waals surface area contributed by atoms with Crippen LogP contribution in [0.1, 0.15) is 13.8 Å². The molecule has 96 valence electrons. The Morgan fingerprint density at radius 3 is 2.83 bits per heavy atom. The fraction of sp³-hybridized carbons (Fsp3) is 0.308. The molecule has 5 heteroatoms. The first-order valence-electron chi connectivity index (χ1n) is 5.75. The SMILES string of the molecule is COc1ccc(F)c(-n2ccnc2NC(C)C)c1. The van der Waals surface area contributed by atoms with Crippen LogP contribution in [0.4, 0.5) is 10.3 Å². The first-order chi connectivity index (χ1) is 8.61. The molecule has 2 rings (SSSR count). The van der Waals surface area contributed by atoms with Crippen molar-refractivity contribution >= 4 is 5.95 Å². The van der Waals surface area contributed by atoms with Crippen LogP contribution in [0, 0.1) is 5.82 Å². The van der Waals surface area contributed by atoms with Crippen LogP contribution in [0.2, 0.25) is 0 Å². The zero-order valence-electron chi connectivity index (χ0n) is 10.6. The summed E-state index contributed by atoms with van der Waals surface area (Å²) in [5, 5.41) is 3.16. The quantitative estimate of drug-likeness (QED) is 0.905. The average Bonchev–Trinajstić information content (AvgIpc) is 2.77. The van der Waals surface area contributed by atoms with Crippen LogP contribution in [0.3, 0.4) is 0 Å². The molecule has 0 aliphatic carbocycles. The zero-order chi connectivity index (χ0) is 13.1. The van der Waals surface area contributed by atoms with Gasteiger partial charge in [0.15, 0.2) is 0 Å². The van der Waals surface area contributed by atoms with Crippen LogP contribution < -0.4 is 10.1 Å². The van der Waals surface area contributed by atoms with Crippen molar-refractivity contribution in [2.75, 3.05) is 12.4 Å². The van der Waals surface area contributed by atoms with Gasteiger partial charge in [-0.15, -0.1) is 0 Å². The van der Waals surface area contributed by atoms with Crippen molar-refractivity contribution in [3.8, 4) is 11.4 Å². The lowest BCUT2D eigenvalue weighted by Crippen LogP contribution is -2.14. The molecule has 1 N–H and O–H groups in total. The molecule has 0 aliphatic rings. The van der Waals surface area contributed by atoms with E-state index in [4.69, 9.17) is 4.74 Å². The Bertz CT molecular complexity index is 537. The van der Waals surface area contributed by atoms with E-state index in [1.807, 2.05) is 13.8 Å². The molecule has 4 nitrogen and oxygen atoms in total. The van der Waals surface area contributed by atoms with E-state index in [2.05, 4.69) is 10.3 Å². The minimum absolute atomic E-state index is 0.222. The number of halogens is 1. The normalized spacial score (nSPS) is 10.7. The maximum Gasteiger partial charge on any atom is 0.207 e. The Hall–Kier alpha value is -2.04. The number of aromatic nitrogens is 2. The second-order valence-corrected chi connectivity index (χ2v) is 4.24. The molecule has 1 heterocycles. The lowest BCUT2D eigenvalue weighted by molar-refractivity contribution is 0.413. The smallest absolute Gasteiger partial charge is 0.207 e. The summed E-state index contributed by atoms with van der Waals surface area (Å²) in [5.74, 6) is 0.897. The number of ether oxygens (including phenoxy) is 1. The molecular formula is C13H16FN3O. The number of benzene rings is 1. The highest BCUT2D eigenvalue weighted by atomic mass is 19.1. The van der Waals surface area contributed by atoms with Gasteiger partial charge in [-0.25, -0.2) is 9.37 Å². The van der Waals surface area contributed by atoms with Crippen LogP contribution in [0.5, 0.6) is 5.75 Å². The molecule has 2 aromatic rings. The fourth-order valence-corrected chi connectivity index (χ4v) is 1.67. The number of nitrogens with one attached hydrogen (secondary N) is 1. The molecule has 0 atom stereocenters. The topological polar surface area (TPSA) is 39.1 Å². The van der Waals surface area contributed by atoms with E-state index in [1.165, 1.54) is 6.07 Å². The van der Waals surface area contributed by atoms with Crippen molar-refractivity contribution in [1.82, 2.24) is 9.55 Å². The lowest BCUT2D eigenvalue weighted by Gasteiger charge is -2.13. The van der Waals surface area contributed by atoms with Crippen LogP contribution >= 0.6 is 0 Å². The fourth-order valence-electron chi connectivity index (χ4n) is 1.67. The molecule has 0 saturated carbocycles. The molecule has 1 aromatic heterocycles. The van der Waals surface area contributed by atoms with E-state index in [0.29, 0.717) is 17.4 Å². The van der Waals surface area contributed by atoms with Gasteiger partial charge in [0, 0.05) is 24.5 Å². The third kappa shape index (κ3) is 2.45. The number of anilines is 1. The average molecular weight is 249 g/mol. The standard InChI is InChI=1S/C13H16FN3O/c1-9(2)16-13-15-6-7-17(13)12-8-10(18-3)4-5-11(12)14/h4-9H,1-3H3,(H,15,16). The van der Waals surface area contributed by atoms with Crippen LogP contribution in [0.25, 0.3) is 5.69 Å². The monoisotopic (exact) mass is 249 g/mol. The van der Waals surface area contributed by atoms with E-state index in [1.54, 1.807) is 36.2 Å². The van der Waals surface area contributed by atoms with E-state index >= 15 is 0 Å². The van der Waals surface area contributed by atoms with Crippen LogP contribution in [-0.2, 0) is 0 Å².